The second-order valence-electron chi connectivity index (χ2n) is 2.41. The quantitative estimate of drug-likeness (QED) is 0.443. The molecule has 0 aliphatic heterocycles. The minimum absolute atomic E-state index is 0.350. The van der Waals surface area contributed by atoms with Crippen LogP contribution in [-0.2, 0) is 5.63 Å². The fourth-order valence-corrected chi connectivity index (χ4v) is 1.53. The number of aromatic hydroxyl groups is 1. The van der Waals surface area contributed by atoms with Gasteiger partial charge in [-0.25, -0.2) is 0 Å². The molecule has 78 valence electrons. The number of nitro benzene ring substituents is 1. The summed E-state index contributed by atoms with van der Waals surface area (Å²) in [5.74, 6) is -1.46. The Labute approximate surface area is 95.4 Å². The summed E-state index contributed by atoms with van der Waals surface area (Å²) in [5.41, 5.74) is -0.707. The molecule has 0 atom stereocenters. The summed E-state index contributed by atoms with van der Waals surface area (Å²) in [6.07, 6.45) is 0. The van der Waals surface area contributed by atoms with Crippen LogP contribution in [0, 0.1) is 10.1 Å². The Bertz CT molecular complexity index is 431. The zero-order valence-corrected chi connectivity index (χ0v) is 10.6. The van der Waals surface area contributed by atoms with E-state index >= 15 is 0 Å². The molecule has 0 aromatic heterocycles. The fourth-order valence-electron chi connectivity index (χ4n) is 0.884. The van der Waals surface area contributed by atoms with Gasteiger partial charge >= 0.3 is 95.4 Å². The molecule has 0 aliphatic rings. The number of benzene rings is 1. The van der Waals surface area contributed by atoms with Gasteiger partial charge in [-0.1, -0.05) is 0 Å². The van der Waals surface area contributed by atoms with E-state index < -0.39 is 40.3 Å². The summed E-state index contributed by atoms with van der Waals surface area (Å²) < 4.78 is 14.4. The Morgan fingerprint density at radius 2 is 2.20 bits per heavy atom. The summed E-state index contributed by atoms with van der Waals surface area (Å²) >= 11 is -2.53. The van der Waals surface area contributed by atoms with Gasteiger partial charge in [0.2, 0.25) is 0 Å². The van der Waals surface area contributed by atoms with Gasteiger partial charge in [0.05, 0.1) is 0 Å². The molecular weight excluding hydrogens is 403 g/mol. The van der Waals surface area contributed by atoms with Crippen molar-refractivity contribution >= 4 is 35.3 Å². The van der Waals surface area contributed by atoms with Gasteiger partial charge in [0, 0.05) is 0 Å². The maximum absolute atomic E-state index is 11.1. The summed E-state index contributed by atoms with van der Waals surface area (Å²) in [4.78, 5) is 20.7. The predicted octanol–water partition coefficient (Wildman–Crippen LogP) is 0.422. The molecule has 0 radical (unpaired) electrons. The van der Waals surface area contributed by atoms with E-state index in [0.717, 1.165) is 18.2 Å². The number of non-ortho nitro benzene ring substituents is 1. The van der Waals surface area contributed by atoms with Crippen LogP contribution in [0.15, 0.2) is 18.2 Å². The SMILES string of the molecule is [O]=[Bi][O]C(=O)c1cc([N+](=O)[O-])ccc1O. The number of carbonyl (C=O) groups is 1. The third-order valence-electron chi connectivity index (χ3n) is 1.53. The van der Waals surface area contributed by atoms with Gasteiger partial charge in [0.15, 0.2) is 0 Å². The van der Waals surface area contributed by atoms with Gasteiger partial charge in [-0.3, -0.25) is 0 Å². The average Bonchev–Trinajstić information content (AvgIpc) is 2.18. The zero-order valence-electron chi connectivity index (χ0n) is 7.11. The molecule has 0 bridgehead atoms. The zero-order chi connectivity index (χ0) is 11.4. The first-order valence-corrected chi connectivity index (χ1v) is 6.41. The number of rotatable bonds is 3. The molecule has 0 amide bonds. The minimum atomic E-state index is -2.53. The van der Waals surface area contributed by atoms with Crippen molar-refractivity contribution in [3.05, 3.63) is 33.9 Å². The summed E-state index contributed by atoms with van der Waals surface area (Å²) in [6, 6.07) is 2.92. The van der Waals surface area contributed by atoms with Gasteiger partial charge in [0.25, 0.3) is 0 Å². The summed E-state index contributed by atoms with van der Waals surface area (Å²) in [6.45, 7) is 0. The van der Waals surface area contributed by atoms with Gasteiger partial charge < -0.3 is 0 Å². The normalized spacial score (nSPS) is 9.33. The third kappa shape index (κ3) is 2.76. The van der Waals surface area contributed by atoms with Gasteiger partial charge in [-0.2, -0.15) is 0 Å². The van der Waals surface area contributed by atoms with E-state index in [-0.39, 0.29) is 11.3 Å². The summed E-state index contributed by atoms with van der Waals surface area (Å²) in [7, 11) is 0. The van der Waals surface area contributed by atoms with E-state index in [4.69, 9.17) is 0 Å². The van der Waals surface area contributed by atoms with Gasteiger partial charge in [-0.05, 0) is 0 Å². The molecular formula is C7H4BiNO6. The van der Waals surface area contributed by atoms with E-state index in [1.54, 1.807) is 0 Å². The monoisotopic (exact) mass is 407 g/mol. The van der Waals surface area contributed by atoms with E-state index in [2.05, 4.69) is 2.81 Å². The molecule has 0 aliphatic carbocycles. The molecule has 1 N–H and O–H groups in total. The van der Waals surface area contributed by atoms with E-state index in [0.29, 0.717) is 0 Å². The topological polar surface area (TPSA) is 107 Å². The Balaban J connectivity index is 3.15. The van der Waals surface area contributed by atoms with Crippen molar-refractivity contribution in [3.8, 4) is 5.75 Å². The molecule has 0 heterocycles. The predicted molar refractivity (Wildman–Crippen MR) is 46.6 cm³/mol. The van der Waals surface area contributed by atoms with Crippen LogP contribution < -0.4 is 0 Å². The van der Waals surface area contributed by atoms with Crippen molar-refractivity contribution in [1.29, 1.82) is 0 Å². The van der Waals surface area contributed by atoms with E-state index in [9.17, 15) is 22.8 Å². The molecule has 7 nitrogen and oxygen atoms in total. The van der Waals surface area contributed by atoms with Crippen LogP contribution in [0.2, 0.25) is 0 Å². The molecule has 1 aromatic rings. The Morgan fingerprint density at radius 1 is 1.53 bits per heavy atom. The molecule has 1 rings (SSSR count). The average molecular weight is 407 g/mol. The number of hydrogen-bond donors (Lipinski definition) is 1. The van der Waals surface area contributed by atoms with Crippen molar-refractivity contribution in [1.82, 2.24) is 0 Å². The molecule has 15 heavy (non-hydrogen) atoms. The van der Waals surface area contributed by atoms with E-state index in [1.807, 2.05) is 0 Å². The standard InChI is InChI=1S/C7H5NO5.Bi.O/c9-6-2-1-4(8(12)13)3-5(6)7(10)11;;/h1-3,9H,(H,10,11);;/q;+1;/p-1. The molecule has 0 fully saturated rings. The molecule has 0 saturated heterocycles. The van der Waals surface area contributed by atoms with Crippen molar-refractivity contribution in [2.24, 2.45) is 0 Å². The second-order valence-corrected chi connectivity index (χ2v) is 3.70. The second kappa shape index (κ2) is 4.88. The van der Waals surface area contributed by atoms with Crippen LogP contribution in [0.25, 0.3) is 0 Å². The number of hydrogen-bond acceptors (Lipinski definition) is 6. The van der Waals surface area contributed by atoms with Crippen molar-refractivity contribution in [3.63, 3.8) is 0 Å². The van der Waals surface area contributed by atoms with Crippen molar-refractivity contribution in [2.45, 2.75) is 0 Å². The first-order chi connectivity index (χ1) is 7.06. The van der Waals surface area contributed by atoms with Crippen LogP contribution >= 0.6 is 0 Å². The van der Waals surface area contributed by atoms with Gasteiger partial charge in [0.1, 0.15) is 0 Å². The molecule has 0 spiro atoms. The Morgan fingerprint density at radius 3 is 2.73 bits per heavy atom. The van der Waals surface area contributed by atoms with E-state index in [1.165, 1.54) is 0 Å². The maximum atomic E-state index is 11.1. The summed E-state index contributed by atoms with van der Waals surface area (Å²) in [5, 5.41) is 19.6. The molecule has 0 unspecified atom stereocenters. The van der Waals surface area contributed by atoms with Crippen molar-refractivity contribution in [2.75, 3.05) is 0 Å². The molecule has 8 heteroatoms. The van der Waals surface area contributed by atoms with Crippen molar-refractivity contribution < 1.29 is 20.5 Å². The van der Waals surface area contributed by atoms with Crippen LogP contribution in [0.4, 0.5) is 5.69 Å². The number of nitrogens with zero attached hydrogens (tertiary/aromatic N) is 1. The van der Waals surface area contributed by atoms with Crippen LogP contribution in [-0.4, -0.2) is 39.7 Å². The number of carbonyl (C=O) groups excluding carboxylic acids is 1. The number of phenolic OH excluding ortho intramolecular Hbond substituents is 1. The number of nitro groups is 1. The first kappa shape index (κ1) is 11.6. The fraction of sp³-hybridized carbons (Fsp3) is 0. The Kier molecular flexibility index (Phi) is 3.79. The molecule has 0 saturated carbocycles. The van der Waals surface area contributed by atoms with Crippen LogP contribution in [0.3, 0.4) is 0 Å². The van der Waals surface area contributed by atoms with Crippen LogP contribution in [0.1, 0.15) is 10.4 Å². The third-order valence-corrected chi connectivity index (χ3v) is 2.47. The van der Waals surface area contributed by atoms with Crippen LogP contribution in [0.5, 0.6) is 5.75 Å². The molecule has 1 aromatic carbocycles. The first-order valence-electron chi connectivity index (χ1n) is 3.57. The van der Waals surface area contributed by atoms with Gasteiger partial charge in [-0.15, -0.1) is 0 Å². The number of phenols is 1. The Hall–Kier alpha value is -1.43.